The topological polar surface area (TPSA) is 56.8 Å². The van der Waals surface area contributed by atoms with Crippen molar-refractivity contribution < 1.29 is 19.0 Å². The van der Waals surface area contributed by atoms with Gasteiger partial charge in [0.25, 0.3) is 0 Å². The monoisotopic (exact) mass is 305 g/mol. The number of benzene rings is 1. The van der Waals surface area contributed by atoms with E-state index in [-0.39, 0.29) is 18.1 Å². The van der Waals surface area contributed by atoms with Crippen LogP contribution in [0.5, 0.6) is 11.5 Å². The molecule has 1 aromatic rings. The molecule has 0 saturated carbocycles. The molecule has 1 saturated heterocycles. The lowest BCUT2D eigenvalue weighted by Gasteiger charge is -2.26. The molecule has 22 heavy (non-hydrogen) atoms. The fourth-order valence-corrected chi connectivity index (χ4v) is 2.81. The molecule has 120 valence electrons. The van der Waals surface area contributed by atoms with Crippen LogP contribution in [0.2, 0.25) is 0 Å². The number of fused-ring (bicyclic) bond motifs is 1. The summed E-state index contributed by atoms with van der Waals surface area (Å²) in [6.45, 7) is 1.76. The molecule has 1 amide bonds. The van der Waals surface area contributed by atoms with Crippen molar-refractivity contribution in [2.45, 2.75) is 44.3 Å². The van der Waals surface area contributed by atoms with Gasteiger partial charge in [-0.25, -0.2) is 0 Å². The van der Waals surface area contributed by atoms with Crippen LogP contribution in [0, 0.1) is 0 Å². The molecule has 5 nitrogen and oxygen atoms in total. The van der Waals surface area contributed by atoms with Crippen molar-refractivity contribution in [3.63, 3.8) is 0 Å². The second-order valence-corrected chi connectivity index (χ2v) is 5.83. The first-order valence-electron chi connectivity index (χ1n) is 8.08. The van der Waals surface area contributed by atoms with E-state index in [1.54, 1.807) is 0 Å². The molecule has 2 heterocycles. The van der Waals surface area contributed by atoms with E-state index in [9.17, 15) is 4.79 Å². The van der Waals surface area contributed by atoms with E-state index in [2.05, 4.69) is 5.32 Å². The average Bonchev–Trinajstić information content (AvgIpc) is 2.59. The number of nitrogens with one attached hydrogen (secondary N) is 1. The van der Waals surface area contributed by atoms with E-state index >= 15 is 0 Å². The van der Waals surface area contributed by atoms with Crippen LogP contribution in [-0.2, 0) is 9.53 Å². The SMILES string of the molecule is O=C(CCC1CCCCO1)NCC1COc2ccccc2O1. The summed E-state index contributed by atoms with van der Waals surface area (Å²) >= 11 is 0. The number of hydrogen-bond donors (Lipinski definition) is 1. The number of para-hydroxylation sites is 2. The van der Waals surface area contributed by atoms with E-state index in [0.29, 0.717) is 19.6 Å². The van der Waals surface area contributed by atoms with E-state index in [1.165, 1.54) is 6.42 Å². The highest BCUT2D eigenvalue weighted by Gasteiger charge is 2.21. The van der Waals surface area contributed by atoms with Crippen LogP contribution in [0.3, 0.4) is 0 Å². The summed E-state index contributed by atoms with van der Waals surface area (Å²) in [4.78, 5) is 11.9. The second kappa shape index (κ2) is 7.49. The Morgan fingerprint density at radius 3 is 2.86 bits per heavy atom. The van der Waals surface area contributed by atoms with Crippen molar-refractivity contribution in [1.82, 2.24) is 5.32 Å². The van der Waals surface area contributed by atoms with Gasteiger partial charge in [0.15, 0.2) is 11.5 Å². The van der Waals surface area contributed by atoms with Crippen LogP contribution in [0.4, 0.5) is 0 Å². The Morgan fingerprint density at radius 2 is 2.05 bits per heavy atom. The van der Waals surface area contributed by atoms with Gasteiger partial charge in [-0.2, -0.15) is 0 Å². The third-order valence-electron chi connectivity index (χ3n) is 4.06. The summed E-state index contributed by atoms with van der Waals surface area (Å²) in [5, 5.41) is 2.92. The second-order valence-electron chi connectivity index (χ2n) is 5.83. The Labute approximate surface area is 130 Å². The summed E-state index contributed by atoms with van der Waals surface area (Å²) in [7, 11) is 0. The Bertz CT molecular complexity index is 499. The Kier molecular flexibility index (Phi) is 5.16. The fourth-order valence-electron chi connectivity index (χ4n) is 2.81. The molecule has 0 aliphatic carbocycles. The van der Waals surface area contributed by atoms with Gasteiger partial charge in [0, 0.05) is 13.0 Å². The van der Waals surface area contributed by atoms with Crippen molar-refractivity contribution in [3.05, 3.63) is 24.3 Å². The first kappa shape index (κ1) is 15.2. The van der Waals surface area contributed by atoms with Crippen molar-refractivity contribution in [2.24, 2.45) is 0 Å². The number of rotatable bonds is 5. The lowest BCUT2D eigenvalue weighted by molar-refractivity contribution is -0.122. The Hall–Kier alpha value is -1.75. The largest absolute Gasteiger partial charge is 0.486 e. The number of hydrogen-bond acceptors (Lipinski definition) is 4. The summed E-state index contributed by atoms with van der Waals surface area (Å²) in [6.07, 6.45) is 4.85. The Balaban J connectivity index is 1.37. The van der Waals surface area contributed by atoms with Gasteiger partial charge < -0.3 is 19.5 Å². The van der Waals surface area contributed by atoms with Gasteiger partial charge in [0.05, 0.1) is 12.6 Å². The quantitative estimate of drug-likeness (QED) is 0.907. The van der Waals surface area contributed by atoms with Gasteiger partial charge in [-0.15, -0.1) is 0 Å². The molecule has 0 spiro atoms. The van der Waals surface area contributed by atoms with Gasteiger partial charge in [-0.05, 0) is 37.8 Å². The molecule has 0 aromatic heterocycles. The van der Waals surface area contributed by atoms with Crippen molar-refractivity contribution in [2.75, 3.05) is 19.8 Å². The zero-order valence-corrected chi connectivity index (χ0v) is 12.8. The standard InChI is InChI=1S/C17H23NO4/c19-17(9-8-13-5-3-4-10-20-13)18-11-14-12-21-15-6-1-2-7-16(15)22-14/h1-2,6-7,13-14H,3-5,8-12H2,(H,18,19). The maximum atomic E-state index is 11.9. The smallest absolute Gasteiger partial charge is 0.220 e. The normalized spacial score (nSPS) is 23.8. The predicted octanol–water partition coefficient (Wildman–Crippen LogP) is 2.29. The number of carbonyl (C=O) groups is 1. The molecule has 2 unspecified atom stereocenters. The van der Waals surface area contributed by atoms with E-state index < -0.39 is 0 Å². The van der Waals surface area contributed by atoms with Crippen LogP contribution in [-0.4, -0.2) is 37.9 Å². The zero-order chi connectivity index (χ0) is 15.2. The predicted molar refractivity (Wildman–Crippen MR) is 82.2 cm³/mol. The van der Waals surface area contributed by atoms with Crippen LogP contribution in [0.1, 0.15) is 32.1 Å². The van der Waals surface area contributed by atoms with Gasteiger partial charge >= 0.3 is 0 Å². The number of carbonyl (C=O) groups excluding carboxylic acids is 1. The summed E-state index contributed by atoms with van der Waals surface area (Å²) < 4.78 is 17.1. The van der Waals surface area contributed by atoms with Crippen molar-refractivity contribution in [1.29, 1.82) is 0 Å². The highest BCUT2D eigenvalue weighted by molar-refractivity contribution is 5.75. The molecular weight excluding hydrogens is 282 g/mol. The summed E-state index contributed by atoms with van der Waals surface area (Å²) in [5.74, 6) is 1.56. The zero-order valence-electron chi connectivity index (χ0n) is 12.8. The highest BCUT2D eigenvalue weighted by Crippen LogP contribution is 2.30. The molecule has 1 N–H and O–H groups in total. The van der Waals surface area contributed by atoms with Crippen molar-refractivity contribution in [3.8, 4) is 11.5 Å². The lowest BCUT2D eigenvalue weighted by atomic mass is 10.0. The van der Waals surface area contributed by atoms with Crippen molar-refractivity contribution >= 4 is 5.91 Å². The Morgan fingerprint density at radius 1 is 1.18 bits per heavy atom. The first-order chi connectivity index (χ1) is 10.8. The fraction of sp³-hybridized carbons (Fsp3) is 0.588. The minimum Gasteiger partial charge on any atom is -0.486 e. The molecule has 2 atom stereocenters. The molecule has 1 fully saturated rings. The molecule has 5 heteroatoms. The van der Waals surface area contributed by atoms with Gasteiger partial charge in [-0.1, -0.05) is 12.1 Å². The maximum absolute atomic E-state index is 11.9. The maximum Gasteiger partial charge on any atom is 0.220 e. The van der Waals surface area contributed by atoms with Crippen LogP contribution >= 0.6 is 0 Å². The third kappa shape index (κ3) is 4.13. The molecule has 1 aromatic carbocycles. The molecule has 2 aliphatic rings. The van der Waals surface area contributed by atoms with Crippen LogP contribution < -0.4 is 14.8 Å². The van der Waals surface area contributed by atoms with Crippen LogP contribution in [0.25, 0.3) is 0 Å². The average molecular weight is 305 g/mol. The van der Waals surface area contributed by atoms with Gasteiger partial charge in [0.1, 0.15) is 12.7 Å². The summed E-state index contributed by atoms with van der Waals surface area (Å²) in [5.41, 5.74) is 0. The van der Waals surface area contributed by atoms with Gasteiger partial charge in [0.2, 0.25) is 5.91 Å². The number of ether oxygens (including phenoxy) is 3. The van der Waals surface area contributed by atoms with E-state index in [4.69, 9.17) is 14.2 Å². The minimum absolute atomic E-state index is 0.0524. The molecule has 0 bridgehead atoms. The molecular formula is C17H23NO4. The van der Waals surface area contributed by atoms with E-state index in [0.717, 1.165) is 37.4 Å². The molecule has 2 aliphatic heterocycles. The van der Waals surface area contributed by atoms with Gasteiger partial charge in [-0.3, -0.25) is 4.79 Å². The van der Waals surface area contributed by atoms with Crippen LogP contribution in [0.15, 0.2) is 24.3 Å². The minimum atomic E-state index is -0.134. The number of amides is 1. The summed E-state index contributed by atoms with van der Waals surface area (Å²) in [6, 6.07) is 7.59. The first-order valence-corrected chi connectivity index (χ1v) is 8.08. The lowest BCUT2D eigenvalue weighted by Crippen LogP contribution is -2.40. The highest BCUT2D eigenvalue weighted by atomic mass is 16.6. The third-order valence-corrected chi connectivity index (χ3v) is 4.06. The molecule has 3 rings (SSSR count). The van der Waals surface area contributed by atoms with E-state index in [1.807, 2.05) is 24.3 Å². The molecule has 0 radical (unpaired) electrons.